The fraction of sp³-hybridized carbons (Fsp3) is 0.520. The van der Waals surface area contributed by atoms with E-state index in [0.717, 1.165) is 24.9 Å². The third-order valence-electron chi connectivity index (χ3n) is 5.91. The van der Waals surface area contributed by atoms with Gasteiger partial charge in [0.2, 0.25) is 0 Å². The van der Waals surface area contributed by atoms with E-state index in [2.05, 4.69) is 18.8 Å². The van der Waals surface area contributed by atoms with Crippen molar-refractivity contribution in [1.29, 1.82) is 0 Å². The highest BCUT2D eigenvalue weighted by atomic mass is 32.2. The number of sulfonamides is 1. The maximum atomic E-state index is 12.7. The van der Waals surface area contributed by atoms with Gasteiger partial charge in [-0.3, -0.25) is 0 Å². The van der Waals surface area contributed by atoms with E-state index in [4.69, 9.17) is 9.88 Å². The topological polar surface area (TPSA) is 106 Å². The number of anilines is 2. The number of nitrogens with zero attached hydrogens (tertiary/aromatic N) is 3. The second-order valence-electron chi connectivity index (χ2n) is 10.5. The number of hydrogen-bond donors (Lipinski definition) is 1. The van der Waals surface area contributed by atoms with Crippen LogP contribution in [0.3, 0.4) is 0 Å². The van der Waals surface area contributed by atoms with Crippen LogP contribution in [-0.2, 0) is 14.8 Å². The highest BCUT2D eigenvalue weighted by molar-refractivity contribution is 7.89. The molecule has 8 nitrogen and oxygen atoms in total. The van der Waals surface area contributed by atoms with Gasteiger partial charge in [0.1, 0.15) is 11.4 Å². The van der Waals surface area contributed by atoms with Gasteiger partial charge < -0.3 is 14.5 Å². The van der Waals surface area contributed by atoms with Crippen molar-refractivity contribution in [3.05, 3.63) is 48.5 Å². The summed E-state index contributed by atoms with van der Waals surface area (Å²) in [4.78, 5) is 20.9. The third-order valence-corrected chi connectivity index (χ3v) is 6.72. The Bertz CT molecular complexity index is 1100. The van der Waals surface area contributed by atoms with E-state index in [9.17, 15) is 13.2 Å². The minimum absolute atomic E-state index is 0.156. The van der Waals surface area contributed by atoms with Crippen LogP contribution in [0.25, 0.3) is 0 Å². The second-order valence-corrected chi connectivity index (χ2v) is 12.0. The van der Waals surface area contributed by atoms with Gasteiger partial charge in [0.25, 0.3) is 10.0 Å². The molecule has 9 heteroatoms. The van der Waals surface area contributed by atoms with Crippen LogP contribution in [-0.4, -0.2) is 48.6 Å². The fourth-order valence-electron chi connectivity index (χ4n) is 4.45. The van der Waals surface area contributed by atoms with Crippen LogP contribution >= 0.6 is 0 Å². The molecule has 1 aliphatic heterocycles. The number of carbonyl (C=O) groups excluding carboxylic acids is 1. The average molecular weight is 489 g/mol. The number of primary sulfonamides is 1. The van der Waals surface area contributed by atoms with Gasteiger partial charge in [-0.25, -0.2) is 23.3 Å². The van der Waals surface area contributed by atoms with Gasteiger partial charge in [0.15, 0.2) is 5.03 Å². The van der Waals surface area contributed by atoms with Crippen LogP contribution in [0.4, 0.5) is 16.3 Å². The fourth-order valence-corrected chi connectivity index (χ4v) is 4.94. The molecule has 1 aliphatic rings. The van der Waals surface area contributed by atoms with Gasteiger partial charge in [0, 0.05) is 24.3 Å². The highest BCUT2D eigenvalue weighted by Crippen LogP contribution is 2.36. The predicted molar refractivity (Wildman–Crippen MR) is 133 cm³/mol. The molecule has 0 spiro atoms. The molecule has 1 fully saturated rings. The number of benzene rings is 1. The first-order valence-electron chi connectivity index (χ1n) is 11.6. The van der Waals surface area contributed by atoms with Crippen LogP contribution in [0.2, 0.25) is 0 Å². The summed E-state index contributed by atoms with van der Waals surface area (Å²) in [7, 11) is -3.90. The van der Waals surface area contributed by atoms with Crippen molar-refractivity contribution in [2.45, 2.75) is 70.0 Å². The standard InChI is InChI=1S/C25H36N4O4S/c1-24(2,3)33-23(30)29-18-19(17-25(29,4)5)11-10-16-28(20-12-7-6-8-13-20)21-14-9-15-22(27-21)34(26,31)32/h6-9,12-15,19H,10-11,16-18H2,1-5H3,(H2,26,31,32)/t19-/m0/s1. The molecule has 34 heavy (non-hydrogen) atoms. The molecule has 2 aromatic rings. The molecule has 2 N–H and O–H groups in total. The van der Waals surface area contributed by atoms with E-state index in [-0.39, 0.29) is 16.7 Å². The molecule has 0 unspecified atom stereocenters. The lowest BCUT2D eigenvalue weighted by molar-refractivity contribution is 0.0131. The van der Waals surface area contributed by atoms with Crippen LogP contribution < -0.4 is 10.0 Å². The lowest BCUT2D eigenvalue weighted by Gasteiger charge is -2.33. The van der Waals surface area contributed by atoms with Crippen LogP contribution in [0.5, 0.6) is 0 Å². The van der Waals surface area contributed by atoms with Crippen molar-refractivity contribution in [1.82, 2.24) is 9.88 Å². The minimum Gasteiger partial charge on any atom is -0.444 e. The van der Waals surface area contributed by atoms with Gasteiger partial charge in [-0.2, -0.15) is 0 Å². The SMILES string of the molecule is CC(C)(C)OC(=O)N1C[C@@H](CCCN(c2ccccc2)c2cccc(S(N)(=O)=O)n2)CC1(C)C. The van der Waals surface area contributed by atoms with Crippen molar-refractivity contribution >= 4 is 27.6 Å². The van der Waals surface area contributed by atoms with Crippen LogP contribution in [0.1, 0.15) is 53.9 Å². The first kappa shape index (κ1) is 26.0. The van der Waals surface area contributed by atoms with Gasteiger partial charge in [0.05, 0.1) is 0 Å². The summed E-state index contributed by atoms with van der Waals surface area (Å²) in [6, 6.07) is 14.6. The summed E-state index contributed by atoms with van der Waals surface area (Å²) in [6.45, 7) is 11.1. The number of pyridine rings is 1. The maximum Gasteiger partial charge on any atom is 0.410 e. The Labute approximate surface area is 203 Å². The monoisotopic (exact) mass is 488 g/mol. The number of carbonyl (C=O) groups is 1. The smallest absolute Gasteiger partial charge is 0.410 e. The van der Waals surface area contributed by atoms with Gasteiger partial charge in [-0.15, -0.1) is 0 Å². The van der Waals surface area contributed by atoms with Crippen LogP contribution in [0.15, 0.2) is 53.6 Å². The number of nitrogens with two attached hydrogens (primary N) is 1. The zero-order valence-corrected chi connectivity index (χ0v) is 21.5. The number of aromatic nitrogens is 1. The number of ether oxygens (including phenoxy) is 1. The lowest BCUT2D eigenvalue weighted by atomic mass is 9.93. The van der Waals surface area contributed by atoms with Gasteiger partial charge in [-0.1, -0.05) is 24.3 Å². The molecule has 3 rings (SSSR count). The zero-order chi connectivity index (χ0) is 25.1. The van der Waals surface area contributed by atoms with Crippen molar-refractivity contribution < 1.29 is 17.9 Å². The summed E-state index contributed by atoms with van der Waals surface area (Å²) in [5.41, 5.74) is 0.126. The molecule has 0 aliphatic carbocycles. The largest absolute Gasteiger partial charge is 0.444 e. The molecule has 1 aromatic carbocycles. The molecule has 0 saturated carbocycles. The van der Waals surface area contributed by atoms with Crippen molar-refractivity contribution in [3.63, 3.8) is 0 Å². The second kappa shape index (κ2) is 9.92. The summed E-state index contributed by atoms with van der Waals surface area (Å²) in [5.74, 6) is 0.878. The molecule has 1 amide bonds. The highest BCUT2D eigenvalue weighted by Gasteiger charge is 2.42. The first-order valence-corrected chi connectivity index (χ1v) is 13.1. The van der Waals surface area contributed by atoms with Gasteiger partial charge in [-0.05, 0) is 84.1 Å². The number of amides is 1. The van der Waals surface area contributed by atoms with Crippen molar-refractivity contribution in [2.24, 2.45) is 11.1 Å². The minimum atomic E-state index is -3.90. The number of likely N-dealkylation sites (tertiary alicyclic amines) is 1. The van der Waals surface area contributed by atoms with E-state index >= 15 is 0 Å². The Morgan fingerprint density at radius 2 is 1.85 bits per heavy atom. The van der Waals surface area contributed by atoms with Crippen LogP contribution in [0, 0.1) is 5.92 Å². The molecule has 2 heterocycles. The average Bonchev–Trinajstić information content (AvgIpc) is 3.04. The molecule has 0 radical (unpaired) electrons. The summed E-state index contributed by atoms with van der Waals surface area (Å²) >= 11 is 0. The Morgan fingerprint density at radius 3 is 2.47 bits per heavy atom. The Morgan fingerprint density at radius 1 is 1.18 bits per heavy atom. The molecular formula is C25H36N4O4S. The van der Waals surface area contributed by atoms with Crippen molar-refractivity contribution in [3.8, 4) is 0 Å². The molecular weight excluding hydrogens is 452 g/mol. The Balaban J connectivity index is 1.71. The molecule has 0 bridgehead atoms. The van der Waals surface area contributed by atoms with Gasteiger partial charge >= 0.3 is 6.09 Å². The number of rotatable bonds is 7. The molecule has 186 valence electrons. The molecule has 1 saturated heterocycles. The number of hydrogen-bond acceptors (Lipinski definition) is 6. The molecule has 1 aromatic heterocycles. The Hall–Kier alpha value is -2.65. The summed E-state index contributed by atoms with van der Waals surface area (Å²) < 4.78 is 29.3. The third kappa shape index (κ3) is 6.70. The summed E-state index contributed by atoms with van der Waals surface area (Å²) in [5, 5.41) is 5.14. The lowest BCUT2D eigenvalue weighted by Crippen LogP contribution is -2.45. The van der Waals surface area contributed by atoms with E-state index in [1.54, 1.807) is 12.1 Å². The quantitative estimate of drug-likeness (QED) is 0.606. The maximum absolute atomic E-state index is 12.7. The normalized spacial score (nSPS) is 18.1. The first-order chi connectivity index (χ1) is 15.8. The van der Waals surface area contributed by atoms with E-state index in [1.165, 1.54) is 6.07 Å². The van der Waals surface area contributed by atoms with E-state index < -0.39 is 15.6 Å². The zero-order valence-electron chi connectivity index (χ0n) is 20.7. The number of para-hydroxylation sites is 1. The summed E-state index contributed by atoms with van der Waals surface area (Å²) in [6.07, 6.45) is 2.39. The van der Waals surface area contributed by atoms with Crippen molar-refractivity contribution in [2.75, 3.05) is 18.0 Å². The predicted octanol–water partition coefficient (Wildman–Crippen LogP) is 4.68. The molecule has 1 atom stereocenters. The van der Waals surface area contributed by atoms with E-state index in [0.29, 0.717) is 24.8 Å². The van der Waals surface area contributed by atoms with E-state index in [1.807, 2.05) is 60.9 Å². The Kier molecular flexibility index (Phi) is 7.57.